The maximum atomic E-state index is 12.4. The first-order valence-corrected chi connectivity index (χ1v) is 9.35. The number of nitrogens with zero attached hydrogens (tertiary/aromatic N) is 2. The van der Waals surface area contributed by atoms with E-state index in [1.807, 2.05) is 24.3 Å². The number of hydrogen-bond acceptors (Lipinski definition) is 6. The molecule has 0 aliphatic carbocycles. The molecule has 2 heterocycles. The minimum atomic E-state index is -0.537. The number of rotatable bonds is 0. The predicted molar refractivity (Wildman–Crippen MR) is 107 cm³/mol. The van der Waals surface area contributed by atoms with Crippen LogP contribution in [0.15, 0.2) is 48.5 Å². The average Bonchev–Trinajstić information content (AvgIpc) is 2.74. The standard InChI is InChI=1S/C24H12N2O4.4K/c27-21-13-5-1-9-10-2-6-15-20-16(24(30)26-23(15)29)8-4-12(18(10)20)11-3-7-14(22(28)25-21)19(13)17(9)11;;;;/h1-8H,(H2,25,27,28)(H2,26,29,30);;;;/q;4*+1/p-4. The molecule has 34 heavy (non-hydrogen) atoms. The Balaban J connectivity index is 0.000000810. The molecule has 0 saturated heterocycles. The van der Waals surface area contributed by atoms with Gasteiger partial charge in [-0.3, -0.25) is 9.97 Å². The van der Waals surface area contributed by atoms with Crippen molar-refractivity contribution in [3.8, 4) is 23.5 Å². The molecule has 0 N–H and O–H groups in total. The Hall–Kier alpha value is 2.23. The van der Waals surface area contributed by atoms with Crippen LogP contribution in [0.3, 0.4) is 0 Å². The smallest absolute Gasteiger partial charge is 0.858 e. The van der Waals surface area contributed by atoms with Crippen LogP contribution in [0.25, 0.3) is 64.6 Å². The van der Waals surface area contributed by atoms with Crippen LogP contribution < -0.4 is 226 Å². The molecular formula is C24H8K4N2O4. The molecule has 6 nitrogen and oxygen atoms in total. The molecule has 0 radical (unpaired) electrons. The number of pyridine rings is 2. The monoisotopic (exact) mass is 544 g/mol. The zero-order valence-corrected chi connectivity index (χ0v) is 31.6. The van der Waals surface area contributed by atoms with E-state index in [-0.39, 0.29) is 206 Å². The minimum absolute atomic E-state index is 0. The molecule has 0 fully saturated rings. The second-order valence-electron chi connectivity index (χ2n) is 7.59. The second kappa shape index (κ2) is 11.4. The first-order chi connectivity index (χ1) is 14.5. The van der Waals surface area contributed by atoms with E-state index in [0.717, 1.165) is 32.3 Å². The first-order valence-electron chi connectivity index (χ1n) is 9.35. The van der Waals surface area contributed by atoms with Gasteiger partial charge >= 0.3 is 206 Å². The summed E-state index contributed by atoms with van der Waals surface area (Å²) in [5, 5.41) is 57.4. The zero-order valence-electron chi connectivity index (χ0n) is 19.1. The van der Waals surface area contributed by atoms with Gasteiger partial charge in [-0.2, -0.15) is 0 Å². The summed E-state index contributed by atoms with van der Waals surface area (Å²) in [6, 6.07) is 14.1. The van der Waals surface area contributed by atoms with Crippen LogP contribution in [0.5, 0.6) is 23.5 Å². The molecule has 7 aromatic rings. The number of benzene rings is 5. The van der Waals surface area contributed by atoms with Gasteiger partial charge in [-0.25, -0.2) is 0 Å². The topological polar surface area (TPSA) is 118 Å². The fourth-order valence-electron chi connectivity index (χ4n) is 5.03. The molecule has 2 aromatic heterocycles. The number of aromatic nitrogens is 2. The van der Waals surface area contributed by atoms with E-state index in [9.17, 15) is 20.4 Å². The predicted octanol–water partition coefficient (Wildman–Crippen LogP) is -9.42. The van der Waals surface area contributed by atoms with E-state index >= 15 is 0 Å². The van der Waals surface area contributed by atoms with Gasteiger partial charge in [-0.15, -0.1) is 0 Å². The van der Waals surface area contributed by atoms with Gasteiger partial charge in [0.1, 0.15) is 0 Å². The molecule has 0 unspecified atom stereocenters. The summed E-state index contributed by atoms with van der Waals surface area (Å²) in [5.41, 5.74) is 0. The summed E-state index contributed by atoms with van der Waals surface area (Å²) in [6.45, 7) is 0. The Morgan fingerprint density at radius 2 is 0.500 bits per heavy atom. The van der Waals surface area contributed by atoms with Gasteiger partial charge in [0.25, 0.3) is 0 Å². The van der Waals surface area contributed by atoms with Gasteiger partial charge < -0.3 is 20.4 Å². The van der Waals surface area contributed by atoms with Crippen molar-refractivity contribution in [3.05, 3.63) is 48.5 Å². The summed E-state index contributed by atoms with van der Waals surface area (Å²) in [4.78, 5) is 7.26. The summed E-state index contributed by atoms with van der Waals surface area (Å²) >= 11 is 0. The van der Waals surface area contributed by atoms with E-state index in [2.05, 4.69) is 9.97 Å². The number of fused-ring (bicyclic) bond motifs is 2. The van der Waals surface area contributed by atoms with Gasteiger partial charge in [-0.05, 0) is 88.2 Å². The van der Waals surface area contributed by atoms with Crippen LogP contribution >= 0.6 is 0 Å². The van der Waals surface area contributed by atoms with E-state index < -0.39 is 23.5 Å². The molecule has 0 spiro atoms. The molecule has 0 amide bonds. The first kappa shape index (κ1) is 30.8. The van der Waals surface area contributed by atoms with Crippen molar-refractivity contribution >= 4 is 64.6 Å². The molecule has 5 aromatic carbocycles. The van der Waals surface area contributed by atoms with Crippen molar-refractivity contribution in [3.63, 3.8) is 0 Å². The fraction of sp³-hybridized carbons (Fsp3) is 0. The third-order valence-corrected chi connectivity index (χ3v) is 6.23. The third kappa shape index (κ3) is 4.26. The van der Waals surface area contributed by atoms with Gasteiger partial charge in [0, 0.05) is 0 Å². The Kier molecular flexibility index (Phi) is 10.3. The van der Waals surface area contributed by atoms with Gasteiger partial charge in [-0.1, -0.05) is 48.5 Å². The molecule has 0 saturated carbocycles. The normalized spacial score (nSPS) is 11.1. The van der Waals surface area contributed by atoms with Crippen molar-refractivity contribution in [2.45, 2.75) is 0 Å². The van der Waals surface area contributed by atoms with Crippen LogP contribution in [0, 0.1) is 0 Å². The minimum Gasteiger partial charge on any atom is -0.858 e. The average molecular weight is 545 g/mol. The SMILES string of the molecule is [K+].[K+].[K+].[K+].[O-]c1nc([O-])c2ccc3c4ccc5c([O-])nc([O-])c6ccc(c7ccc1c2c73)c4c65. The maximum Gasteiger partial charge on any atom is 1.00 e. The van der Waals surface area contributed by atoms with Gasteiger partial charge in [0.15, 0.2) is 0 Å². The Morgan fingerprint density at radius 1 is 0.324 bits per heavy atom. The Morgan fingerprint density at radius 3 is 0.735 bits per heavy atom. The van der Waals surface area contributed by atoms with E-state index in [4.69, 9.17) is 0 Å². The number of hydrogen-bond donors (Lipinski definition) is 0. The molecule has 0 aliphatic rings. The fourth-order valence-corrected chi connectivity index (χ4v) is 5.03. The molecule has 0 bridgehead atoms. The van der Waals surface area contributed by atoms with Crippen molar-refractivity contribution in [2.24, 2.45) is 0 Å². The summed E-state index contributed by atoms with van der Waals surface area (Å²) in [5.74, 6) is -2.15. The van der Waals surface area contributed by atoms with Crippen LogP contribution in [0.2, 0.25) is 0 Å². The Bertz CT molecular complexity index is 1600. The molecule has 142 valence electrons. The van der Waals surface area contributed by atoms with E-state index in [1.165, 1.54) is 0 Å². The van der Waals surface area contributed by atoms with Gasteiger partial charge in [0.2, 0.25) is 0 Å². The van der Waals surface area contributed by atoms with Crippen LogP contribution in [-0.4, -0.2) is 9.97 Å². The van der Waals surface area contributed by atoms with Crippen molar-refractivity contribution < 1.29 is 226 Å². The Labute approximate surface area is 363 Å². The summed E-state index contributed by atoms with van der Waals surface area (Å²) in [7, 11) is 0. The molecule has 10 heteroatoms. The zero-order chi connectivity index (χ0) is 20.3. The van der Waals surface area contributed by atoms with Crippen molar-refractivity contribution in [1.29, 1.82) is 0 Å². The molecule has 0 aliphatic heterocycles. The van der Waals surface area contributed by atoms with E-state index in [1.54, 1.807) is 24.3 Å². The third-order valence-electron chi connectivity index (χ3n) is 6.23. The van der Waals surface area contributed by atoms with Crippen LogP contribution in [0.4, 0.5) is 0 Å². The van der Waals surface area contributed by atoms with Gasteiger partial charge in [0.05, 0.1) is 0 Å². The second-order valence-corrected chi connectivity index (χ2v) is 7.59. The molecule has 7 rings (SSSR count). The molecular weight excluding hydrogens is 537 g/mol. The van der Waals surface area contributed by atoms with Crippen LogP contribution in [-0.2, 0) is 0 Å². The summed E-state index contributed by atoms with van der Waals surface area (Å²) in [6.07, 6.45) is 0. The summed E-state index contributed by atoms with van der Waals surface area (Å²) < 4.78 is 0. The van der Waals surface area contributed by atoms with Crippen LogP contribution in [0.1, 0.15) is 0 Å². The maximum absolute atomic E-state index is 12.4. The van der Waals surface area contributed by atoms with Crippen molar-refractivity contribution in [1.82, 2.24) is 9.97 Å². The largest absolute Gasteiger partial charge is 1.00 e. The molecule has 0 atom stereocenters. The van der Waals surface area contributed by atoms with E-state index in [0.29, 0.717) is 32.3 Å². The van der Waals surface area contributed by atoms with Crippen molar-refractivity contribution in [2.75, 3.05) is 0 Å². The quantitative estimate of drug-likeness (QED) is 0.106.